The molecule has 9 heteroatoms. The van der Waals surface area contributed by atoms with E-state index >= 15 is 0 Å². The predicted molar refractivity (Wildman–Crippen MR) is 116 cm³/mol. The van der Waals surface area contributed by atoms with Gasteiger partial charge in [-0.2, -0.15) is 0 Å². The molecule has 0 radical (unpaired) electrons. The van der Waals surface area contributed by atoms with Gasteiger partial charge in [-0.1, -0.05) is 0 Å². The van der Waals surface area contributed by atoms with Crippen LogP contribution in [0.3, 0.4) is 0 Å². The molecule has 1 N–H and O–H groups in total. The van der Waals surface area contributed by atoms with Gasteiger partial charge in [0.2, 0.25) is 6.79 Å². The Labute approximate surface area is 182 Å². The van der Waals surface area contributed by atoms with E-state index in [1.807, 2.05) is 25.1 Å². The Morgan fingerprint density at radius 2 is 2.04 bits per heavy atom. The van der Waals surface area contributed by atoms with E-state index in [4.69, 9.17) is 18.9 Å². The summed E-state index contributed by atoms with van der Waals surface area (Å²) in [5.41, 5.74) is 0. The number of nitrogens with zero attached hydrogens (tertiary/aromatic N) is 2. The van der Waals surface area contributed by atoms with Crippen LogP contribution in [-0.4, -0.2) is 63.5 Å². The van der Waals surface area contributed by atoms with Crippen molar-refractivity contribution in [3.05, 3.63) is 18.2 Å². The number of ether oxygens (including phenoxy) is 4. The lowest BCUT2D eigenvalue weighted by molar-refractivity contribution is -0.149. The third-order valence-corrected chi connectivity index (χ3v) is 4.62. The molecule has 0 amide bonds. The second kappa shape index (κ2) is 11.2. The molecule has 1 aromatic rings. The van der Waals surface area contributed by atoms with E-state index in [9.17, 15) is 4.79 Å². The molecule has 0 bridgehead atoms. The number of aliphatic imine (C=N–C) groups is 1. The van der Waals surface area contributed by atoms with Crippen molar-refractivity contribution >= 4 is 35.9 Å². The summed E-state index contributed by atoms with van der Waals surface area (Å²) in [5.74, 6) is 2.93. The van der Waals surface area contributed by atoms with Crippen LogP contribution in [0.1, 0.15) is 19.8 Å². The van der Waals surface area contributed by atoms with Crippen LogP contribution < -0.4 is 19.5 Å². The lowest BCUT2D eigenvalue weighted by atomic mass is 9.97. The van der Waals surface area contributed by atoms with E-state index in [0.717, 1.165) is 43.4 Å². The number of hydrogen-bond acceptors (Lipinski definition) is 6. The van der Waals surface area contributed by atoms with Gasteiger partial charge < -0.3 is 29.2 Å². The van der Waals surface area contributed by atoms with Gasteiger partial charge in [0.15, 0.2) is 17.5 Å². The third-order valence-electron chi connectivity index (χ3n) is 4.62. The van der Waals surface area contributed by atoms with Gasteiger partial charge in [0, 0.05) is 26.2 Å². The average Bonchev–Trinajstić information content (AvgIpc) is 3.16. The molecule has 28 heavy (non-hydrogen) atoms. The Morgan fingerprint density at radius 3 is 2.75 bits per heavy atom. The zero-order valence-electron chi connectivity index (χ0n) is 16.3. The summed E-state index contributed by atoms with van der Waals surface area (Å²) in [5, 5.41) is 3.31. The molecule has 8 nitrogen and oxygen atoms in total. The van der Waals surface area contributed by atoms with Gasteiger partial charge in [-0.3, -0.25) is 9.79 Å². The van der Waals surface area contributed by atoms with Crippen LogP contribution in [-0.2, 0) is 9.53 Å². The minimum atomic E-state index is -0.0859. The maximum Gasteiger partial charge on any atom is 0.309 e. The fourth-order valence-corrected chi connectivity index (χ4v) is 3.22. The number of piperidine rings is 1. The minimum absolute atomic E-state index is 0. The zero-order valence-corrected chi connectivity index (χ0v) is 18.6. The Bertz CT molecular complexity index is 678. The zero-order chi connectivity index (χ0) is 19.1. The molecule has 156 valence electrons. The number of esters is 1. The second-order valence-electron chi connectivity index (χ2n) is 6.35. The van der Waals surface area contributed by atoms with E-state index < -0.39 is 0 Å². The van der Waals surface area contributed by atoms with Crippen LogP contribution in [0.5, 0.6) is 17.2 Å². The number of halogens is 1. The van der Waals surface area contributed by atoms with Gasteiger partial charge in [0.05, 0.1) is 19.1 Å². The van der Waals surface area contributed by atoms with Gasteiger partial charge in [0.25, 0.3) is 0 Å². The fraction of sp³-hybridized carbons (Fsp3) is 0.579. The first kappa shape index (κ1) is 22.4. The number of hydrogen-bond donors (Lipinski definition) is 1. The first-order valence-electron chi connectivity index (χ1n) is 9.36. The largest absolute Gasteiger partial charge is 0.492 e. The number of benzene rings is 1. The first-order chi connectivity index (χ1) is 13.2. The van der Waals surface area contributed by atoms with Crippen LogP contribution in [0.25, 0.3) is 0 Å². The maximum absolute atomic E-state index is 11.8. The van der Waals surface area contributed by atoms with E-state index in [0.29, 0.717) is 25.5 Å². The van der Waals surface area contributed by atoms with Crippen molar-refractivity contribution in [3.8, 4) is 17.2 Å². The summed E-state index contributed by atoms with van der Waals surface area (Å²) in [6.45, 7) is 5.22. The van der Waals surface area contributed by atoms with Crippen molar-refractivity contribution < 1.29 is 23.7 Å². The average molecular weight is 505 g/mol. The quantitative estimate of drug-likeness (QED) is 0.209. The molecule has 2 aliphatic heterocycles. The summed E-state index contributed by atoms with van der Waals surface area (Å²) < 4.78 is 21.5. The van der Waals surface area contributed by atoms with Crippen molar-refractivity contribution in [1.29, 1.82) is 0 Å². The third kappa shape index (κ3) is 5.79. The van der Waals surface area contributed by atoms with Gasteiger partial charge >= 0.3 is 5.97 Å². The lowest BCUT2D eigenvalue weighted by Gasteiger charge is -2.33. The molecule has 2 heterocycles. The fourth-order valence-electron chi connectivity index (χ4n) is 3.22. The Kier molecular flexibility index (Phi) is 8.94. The molecule has 0 aromatic heterocycles. The number of likely N-dealkylation sites (tertiary alicyclic amines) is 1. The van der Waals surface area contributed by atoms with Crippen LogP contribution in [0.15, 0.2) is 23.2 Å². The summed E-state index contributed by atoms with van der Waals surface area (Å²) in [7, 11) is 1.76. The first-order valence-corrected chi connectivity index (χ1v) is 9.36. The lowest BCUT2D eigenvalue weighted by Crippen LogP contribution is -2.47. The molecular weight excluding hydrogens is 477 g/mol. The molecule has 3 rings (SSSR count). The SMILES string of the molecule is CCOC(=O)C1CCN(C(=NC)NCCOc2ccc3c(c2)OCO3)CC1.I. The minimum Gasteiger partial charge on any atom is -0.492 e. The molecule has 1 aromatic carbocycles. The number of rotatable bonds is 6. The Morgan fingerprint density at radius 1 is 1.29 bits per heavy atom. The van der Waals surface area contributed by atoms with Crippen LogP contribution in [0.4, 0.5) is 0 Å². The van der Waals surface area contributed by atoms with Crippen molar-refractivity contribution in [2.45, 2.75) is 19.8 Å². The topological polar surface area (TPSA) is 81.6 Å². The summed E-state index contributed by atoms with van der Waals surface area (Å²) in [6.07, 6.45) is 1.57. The van der Waals surface area contributed by atoms with E-state index in [1.54, 1.807) is 7.05 Å². The van der Waals surface area contributed by atoms with E-state index in [-0.39, 0.29) is 42.7 Å². The van der Waals surface area contributed by atoms with Gasteiger partial charge in [0.1, 0.15) is 12.4 Å². The van der Waals surface area contributed by atoms with Crippen molar-refractivity contribution in [3.63, 3.8) is 0 Å². The highest BCUT2D eigenvalue weighted by atomic mass is 127. The molecule has 0 atom stereocenters. The number of fused-ring (bicyclic) bond motifs is 1. The van der Waals surface area contributed by atoms with Crippen molar-refractivity contribution in [2.24, 2.45) is 10.9 Å². The van der Waals surface area contributed by atoms with E-state index in [2.05, 4.69) is 15.2 Å². The molecule has 1 fully saturated rings. The summed E-state index contributed by atoms with van der Waals surface area (Å²) in [6, 6.07) is 5.54. The Balaban J connectivity index is 0.00000280. The summed E-state index contributed by atoms with van der Waals surface area (Å²) >= 11 is 0. The van der Waals surface area contributed by atoms with Crippen LogP contribution in [0.2, 0.25) is 0 Å². The molecule has 0 unspecified atom stereocenters. The highest BCUT2D eigenvalue weighted by Gasteiger charge is 2.27. The number of nitrogens with one attached hydrogen (secondary N) is 1. The van der Waals surface area contributed by atoms with Gasteiger partial charge in [-0.15, -0.1) is 24.0 Å². The molecule has 2 aliphatic rings. The molecular formula is C19H28IN3O5. The van der Waals surface area contributed by atoms with Gasteiger partial charge in [-0.25, -0.2) is 0 Å². The van der Waals surface area contributed by atoms with Gasteiger partial charge in [-0.05, 0) is 31.9 Å². The smallest absolute Gasteiger partial charge is 0.309 e. The van der Waals surface area contributed by atoms with Crippen molar-refractivity contribution in [2.75, 3.05) is 46.7 Å². The maximum atomic E-state index is 11.8. The normalized spacial score (nSPS) is 16.4. The predicted octanol–water partition coefficient (Wildman–Crippen LogP) is 2.26. The van der Waals surface area contributed by atoms with Crippen molar-refractivity contribution in [1.82, 2.24) is 10.2 Å². The highest BCUT2D eigenvalue weighted by Crippen LogP contribution is 2.34. The summed E-state index contributed by atoms with van der Waals surface area (Å²) in [4.78, 5) is 18.3. The number of carbonyl (C=O) groups is 1. The molecule has 0 saturated carbocycles. The molecule has 0 aliphatic carbocycles. The number of carbonyl (C=O) groups excluding carboxylic acids is 1. The standard InChI is InChI=1S/C19H27N3O5.HI/c1-3-24-18(23)14-6-9-22(10-7-14)19(20-2)21-8-11-25-15-4-5-16-17(12-15)27-13-26-16;/h4-5,12,14H,3,6-11,13H2,1-2H3,(H,20,21);1H. The molecule has 1 saturated heterocycles. The number of guanidine groups is 1. The van der Waals surface area contributed by atoms with Crippen LogP contribution in [0, 0.1) is 5.92 Å². The Hall–Kier alpha value is -1.91. The second-order valence-corrected chi connectivity index (χ2v) is 6.35. The molecule has 0 spiro atoms. The highest BCUT2D eigenvalue weighted by molar-refractivity contribution is 14.0. The van der Waals surface area contributed by atoms with Crippen LogP contribution >= 0.6 is 24.0 Å². The monoisotopic (exact) mass is 505 g/mol. The van der Waals surface area contributed by atoms with E-state index in [1.165, 1.54) is 0 Å².